The quantitative estimate of drug-likeness (QED) is 0.876. The molecule has 4 heteroatoms. The van der Waals surface area contributed by atoms with Gasteiger partial charge in [0.25, 0.3) is 0 Å². The highest BCUT2D eigenvalue weighted by Crippen LogP contribution is 2.21. The van der Waals surface area contributed by atoms with Gasteiger partial charge in [0.05, 0.1) is 11.6 Å². The van der Waals surface area contributed by atoms with Gasteiger partial charge in [-0.2, -0.15) is 0 Å². The van der Waals surface area contributed by atoms with Crippen LogP contribution >= 0.6 is 11.6 Å². The Kier molecular flexibility index (Phi) is 4.61. The summed E-state index contributed by atoms with van der Waals surface area (Å²) in [4.78, 5) is 0. The zero-order valence-corrected chi connectivity index (χ0v) is 11.9. The highest BCUT2D eigenvalue weighted by molar-refractivity contribution is 6.30. The first kappa shape index (κ1) is 14.1. The van der Waals surface area contributed by atoms with Crippen LogP contribution in [0.3, 0.4) is 0 Å². The molecule has 2 rings (SSSR count). The maximum absolute atomic E-state index is 13.9. The van der Waals surface area contributed by atoms with E-state index < -0.39 is 0 Å². The van der Waals surface area contributed by atoms with E-state index in [1.54, 1.807) is 18.2 Å². The Morgan fingerprint density at radius 3 is 2.84 bits per heavy atom. The predicted molar refractivity (Wildman–Crippen MR) is 77.0 cm³/mol. The normalized spacial score (nSPS) is 12.6. The Balaban J connectivity index is 2.24. The lowest BCUT2D eigenvalue weighted by atomic mass is 10.2. The summed E-state index contributed by atoms with van der Waals surface area (Å²) in [6, 6.07) is 9.38. The van der Waals surface area contributed by atoms with E-state index in [1.807, 2.05) is 16.8 Å². The number of nitrogens with zero attached hydrogens (tertiary/aromatic N) is 1. The van der Waals surface area contributed by atoms with E-state index in [1.165, 1.54) is 0 Å². The first-order valence-electron chi connectivity index (χ1n) is 6.44. The summed E-state index contributed by atoms with van der Waals surface area (Å²) in [5, 5.41) is 3.53. The molecule has 0 amide bonds. The lowest BCUT2D eigenvalue weighted by Gasteiger charge is -2.16. The molecule has 19 heavy (non-hydrogen) atoms. The Morgan fingerprint density at radius 2 is 2.11 bits per heavy atom. The standard InChI is InChI=1S/C15H18ClFN2/c1-3-18-11(2)14-8-5-9-19(14)10-12-6-4-7-13(16)15(12)17/h4-9,11,18H,3,10H2,1-2H3. The molecule has 1 atom stereocenters. The van der Waals surface area contributed by atoms with Crippen LogP contribution in [0.4, 0.5) is 4.39 Å². The van der Waals surface area contributed by atoms with Crippen LogP contribution in [0.2, 0.25) is 5.02 Å². The summed E-state index contributed by atoms with van der Waals surface area (Å²) in [5.41, 5.74) is 1.75. The Labute approximate surface area is 118 Å². The maximum atomic E-state index is 13.9. The molecule has 0 aliphatic heterocycles. The molecule has 1 heterocycles. The molecule has 0 aliphatic carbocycles. The molecule has 1 aromatic carbocycles. The molecule has 1 N–H and O–H groups in total. The molecule has 2 aromatic rings. The van der Waals surface area contributed by atoms with E-state index in [9.17, 15) is 4.39 Å². The van der Waals surface area contributed by atoms with Crippen LogP contribution in [0.15, 0.2) is 36.5 Å². The molecule has 0 saturated heterocycles. The van der Waals surface area contributed by atoms with Crippen LogP contribution < -0.4 is 5.32 Å². The van der Waals surface area contributed by atoms with E-state index in [2.05, 4.69) is 25.2 Å². The molecule has 0 bridgehead atoms. The third kappa shape index (κ3) is 3.17. The summed E-state index contributed by atoms with van der Waals surface area (Å²) >= 11 is 5.81. The summed E-state index contributed by atoms with van der Waals surface area (Å²) < 4.78 is 16.0. The SMILES string of the molecule is CCNC(C)c1cccn1Cc1cccc(Cl)c1F. The van der Waals surface area contributed by atoms with E-state index in [-0.39, 0.29) is 16.9 Å². The molecule has 1 unspecified atom stereocenters. The fourth-order valence-electron chi connectivity index (χ4n) is 2.23. The second kappa shape index (κ2) is 6.22. The second-order valence-electron chi connectivity index (χ2n) is 4.55. The number of nitrogens with one attached hydrogen (secondary N) is 1. The van der Waals surface area contributed by atoms with Crippen LogP contribution in [-0.2, 0) is 6.54 Å². The summed E-state index contributed by atoms with van der Waals surface area (Å²) in [6.07, 6.45) is 1.96. The molecule has 102 valence electrons. The van der Waals surface area contributed by atoms with Crippen LogP contribution in [0.1, 0.15) is 31.1 Å². The third-order valence-electron chi connectivity index (χ3n) is 3.19. The number of halogens is 2. The summed E-state index contributed by atoms with van der Waals surface area (Å²) in [7, 11) is 0. The Hall–Kier alpha value is -1.32. The third-order valence-corrected chi connectivity index (χ3v) is 3.48. The minimum Gasteiger partial charge on any atom is -0.345 e. The summed E-state index contributed by atoms with van der Waals surface area (Å²) in [6.45, 7) is 5.56. The van der Waals surface area contributed by atoms with Crippen molar-refractivity contribution < 1.29 is 4.39 Å². The highest BCUT2D eigenvalue weighted by Gasteiger charge is 2.11. The molecule has 1 aromatic heterocycles. The Morgan fingerprint density at radius 1 is 1.32 bits per heavy atom. The van der Waals surface area contributed by atoms with Crippen molar-refractivity contribution >= 4 is 11.6 Å². The van der Waals surface area contributed by atoms with Crippen molar-refractivity contribution in [3.8, 4) is 0 Å². The number of hydrogen-bond acceptors (Lipinski definition) is 1. The number of rotatable bonds is 5. The van der Waals surface area contributed by atoms with E-state index >= 15 is 0 Å². The average molecular weight is 281 g/mol. The van der Waals surface area contributed by atoms with Gasteiger partial charge in [-0.1, -0.05) is 30.7 Å². The average Bonchev–Trinajstić information content (AvgIpc) is 2.83. The molecule has 2 nitrogen and oxygen atoms in total. The summed E-state index contributed by atoms with van der Waals surface area (Å²) in [5.74, 6) is -0.333. The molecular weight excluding hydrogens is 263 g/mol. The van der Waals surface area contributed by atoms with Crippen molar-refractivity contribution in [2.45, 2.75) is 26.4 Å². The van der Waals surface area contributed by atoms with Gasteiger partial charge in [-0.15, -0.1) is 0 Å². The zero-order valence-electron chi connectivity index (χ0n) is 11.2. The van der Waals surface area contributed by atoms with Gasteiger partial charge in [-0.3, -0.25) is 0 Å². The highest BCUT2D eigenvalue weighted by atomic mass is 35.5. The van der Waals surface area contributed by atoms with Crippen LogP contribution in [0.5, 0.6) is 0 Å². The smallest absolute Gasteiger partial charge is 0.146 e. The number of benzene rings is 1. The van der Waals surface area contributed by atoms with Gasteiger partial charge in [0.1, 0.15) is 5.82 Å². The van der Waals surface area contributed by atoms with Crippen molar-refractivity contribution in [3.63, 3.8) is 0 Å². The van der Waals surface area contributed by atoms with Crippen molar-refractivity contribution in [2.75, 3.05) is 6.54 Å². The zero-order chi connectivity index (χ0) is 13.8. The molecular formula is C15H18ClFN2. The first-order valence-corrected chi connectivity index (χ1v) is 6.82. The van der Waals surface area contributed by atoms with Crippen LogP contribution in [-0.4, -0.2) is 11.1 Å². The molecule has 0 radical (unpaired) electrons. The first-order chi connectivity index (χ1) is 9.13. The fourth-order valence-corrected chi connectivity index (χ4v) is 2.42. The van der Waals surface area contributed by atoms with Gasteiger partial charge in [0.2, 0.25) is 0 Å². The fraction of sp³-hybridized carbons (Fsp3) is 0.333. The number of aromatic nitrogens is 1. The lowest BCUT2D eigenvalue weighted by molar-refractivity contribution is 0.544. The minimum atomic E-state index is -0.333. The van der Waals surface area contributed by atoms with Gasteiger partial charge < -0.3 is 9.88 Å². The van der Waals surface area contributed by atoms with Crippen molar-refractivity contribution in [1.82, 2.24) is 9.88 Å². The van der Waals surface area contributed by atoms with Gasteiger partial charge >= 0.3 is 0 Å². The van der Waals surface area contributed by atoms with Crippen LogP contribution in [0, 0.1) is 5.82 Å². The van der Waals surface area contributed by atoms with E-state index in [0.717, 1.165) is 12.2 Å². The molecule has 0 fully saturated rings. The number of hydrogen-bond donors (Lipinski definition) is 1. The Bertz CT molecular complexity index is 551. The van der Waals surface area contributed by atoms with E-state index in [4.69, 9.17) is 11.6 Å². The maximum Gasteiger partial charge on any atom is 0.146 e. The second-order valence-corrected chi connectivity index (χ2v) is 4.96. The van der Waals surface area contributed by atoms with Gasteiger partial charge in [-0.25, -0.2) is 4.39 Å². The van der Waals surface area contributed by atoms with Gasteiger partial charge in [-0.05, 0) is 31.7 Å². The van der Waals surface area contributed by atoms with Crippen molar-refractivity contribution in [3.05, 3.63) is 58.6 Å². The monoisotopic (exact) mass is 280 g/mol. The molecule has 0 saturated carbocycles. The van der Waals surface area contributed by atoms with Gasteiger partial charge in [0, 0.05) is 23.5 Å². The molecule has 0 spiro atoms. The van der Waals surface area contributed by atoms with Gasteiger partial charge in [0.15, 0.2) is 0 Å². The van der Waals surface area contributed by atoms with Crippen molar-refractivity contribution in [1.29, 1.82) is 0 Å². The topological polar surface area (TPSA) is 17.0 Å². The minimum absolute atomic E-state index is 0.172. The predicted octanol–water partition coefficient (Wildman–Crippen LogP) is 4.00. The molecule has 0 aliphatic rings. The van der Waals surface area contributed by atoms with Crippen LogP contribution in [0.25, 0.3) is 0 Å². The lowest BCUT2D eigenvalue weighted by Crippen LogP contribution is -2.21. The van der Waals surface area contributed by atoms with Crippen molar-refractivity contribution in [2.24, 2.45) is 0 Å². The largest absolute Gasteiger partial charge is 0.345 e. The van der Waals surface area contributed by atoms with E-state index in [0.29, 0.717) is 12.1 Å².